The van der Waals surface area contributed by atoms with Crippen LogP contribution in [0.3, 0.4) is 0 Å². The maximum absolute atomic E-state index is 5.66. The smallest absolute Gasteiger partial charge is 0.137 e. The number of hydrogen-bond acceptors (Lipinski definition) is 6. The van der Waals surface area contributed by atoms with Crippen molar-refractivity contribution in [3.05, 3.63) is 41.3 Å². The first kappa shape index (κ1) is 16.8. The molecule has 1 aromatic heterocycles. The number of methoxy groups -OCH3 is 2. The van der Waals surface area contributed by atoms with Gasteiger partial charge in [0, 0.05) is 36.6 Å². The van der Waals surface area contributed by atoms with E-state index in [4.69, 9.17) is 18.7 Å². The molecule has 0 aliphatic carbocycles. The van der Waals surface area contributed by atoms with E-state index in [-0.39, 0.29) is 6.04 Å². The molecule has 1 aromatic carbocycles. The van der Waals surface area contributed by atoms with Gasteiger partial charge < -0.3 is 24.1 Å². The van der Waals surface area contributed by atoms with Gasteiger partial charge in [0.25, 0.3) is 0 Å². The average Bonchev–Trinajstić information content (AvgIpc) is 3.21. The second kappa shape index (κ2) is 7.68. The molecule has 6 heteroatoms. The highest BCUT2D eigenvalue weighted by Gasteiger charge is 2.29. The topological polar surface area (TPSA) is 65.8 Å². The van der Waals surface area contributed by atoms with E-state index in [1.807, 2.05) is 31.2 Å². The van der Waals surface area contributed by atoms with Gasteiger partial charge in [-0.2, -0.15) is 0 Å². The molecule has 3 rings (SSSR count). The van der Waals surface area contributed by atoms with Crippen LogP contribution >= 0.6 is 0 Å². The fraction of sp³-hybridized carbons (Fsp3) is 0.500. The van der Waals surface area contributed by atoms with Crippen LogP contribution in [0.1, 0.15) is 17.0 Å². The molecular weight excluding hydrogens is 308 g/mol. The van der Waals surface area contributed by atoms with Gasteiger partial charge in [-0.3, -0.25) is 0 Å². The van der Waals surface area contributed by atoms with Crippen LogP contribution in [0, 0.1) is 12.8 Å². The van der Waals surface area contributed by atoms with Gasteiger partial charge in [0.1, 0.15) is 17.3 Å². The Balaban J connectivity index is 1.65. The highest BCUT2D eigenvalue weighted by Crippen LogP contribution is 2.29. The number of nitrogens with zero attached hydrogens (tertiary/aromatic N) is 1. The van der Waals surface area contributed by atoms with Crippen molar-refractivity contribution in [2.75, 3.05) is 27.4 Å². The third-order valence-electron chi connectivity index (χ3n) is 4.41. The fourth-order valence-electron chi connectivity index (χ4n) is 3.13. The molecule has 24 heavy (non-hydrogen) atoms. The number of rotatable bonds is 7. The first-order valence-corrected chi connectivity index (χ1v) is 8.14. The van der Waals surface area contributed by atoms with Crippen LogP contribution in [-0.4, -0.2) is 38.6 Å². The summed E-state index contributed by atoms with van der Waals surface area (Å²) in [5, 5.41) is 7.53. The molecule has 0 saturated carbocycles. The number of benzene rings is 1. The summed E-state index contributed by atoms with van der Waals surface area (Å²) < 4.78 is 21.9. The van der Waals surface area contributed by atoms with E-state index in [1.54, 1.807) is 14.2 Å². The molecule has 1 aliphatic rings. The number of hydrogen-bond donors (Lipinski definition) is 1. The first-order valence-electron chi connectivity index (χ1n) is 8.14. The van der Waals surface area contributed by atoms with E-state index in [0.29, 0.717) is 19.1 Å². The van der Waals surface area contributed by atoms with Crippen LogP contribution in [0.15, 0.2) is 28.8 Å². The van der Waals surface area contributed by atoms with Gasteiger partial charge >= 0.3 is 0 Å². The molecule has 2 aromatic rings. The lowest BCUT2D eigenvalue weighted by atomic mass is 9.98. The minimum absolute atomic E-state index is 0.255. The lowest BCUT2D eigenvalue weighted by Gasteiger charge is -2.20. The molecule has 1 fully saturated rings. The second-order valence-electron chi connectivity index (χ2n) is 6.06. The van der Waals surface area contributed by atoms with Crippen LogP contribution in [0.25, 0.3) is 0 Å². The Morgan fingerprint density at radius 2 is 1.96 bits per heavy atom. The highest BCUT2D eigenvalue weighted by atomic mass is 16.5. The summed E-state index contributed by atoms with van der Waals surface area (Å²) >= 11 is 0. The van der Waals surface area contributed by atoms with Crippen LogP contribution in [0.2, 0.25) is 0 Å². The molecule has 0 amide bonds. The molecule has 1 saturated heterocycles. The van der Waals surface area contributed by atoms with E-state index in [9.17, 15) is 0 Å². The summed E-state index contributed by atoms with van der Waals surface area (Å²) in [6, 6.07) is 8.05. The van der Waals surface area contributed by atoms with Crippen molar-refractivity contribution in [2.24, 2.45) is 5.92 Å². The third kappa shape index (κ3) is 3.71. The van der Waals surface area contributed by atoms with Crippen molar-refractivity contribution in [3.63, 3.8) is 0 Å². The van der Waals surface area contributed by atoms with Gasteiger partial charge in [-0.05, 0) is 19.1 Å². The Morgan fingerprint density at radius 1 is 1.21 bits per heavy atom. The second-order valence-corrected chi connectivity index (χ2v) is 6.06. The van der Waals surface area contributed by atoms with Gasteiger partial charge in [-0.25, -0.2) is 0 Å². The molecule has 6 nitrogen and oxygen atoms in total. The van der Waals surface area contributed by atoms with Crippen molar-refractivity contribution >= 4 is 0 Å². The summed E-state index contributed by atoms with van der Waals surface area (Å²) in [7, 11) is 3.35. The Labute approximate surface area is 142 Å². The van der Waals surface area contributed by atoms with Gasteiger partial charge in [-0.1, -0.05) is 11.2 Å². The lowest BCUT2D eigenvalue weighted by molar-refractivity contribution is 0.181. The summed E-state index contributed by atoms with van der Waals surface area (Å²) in [5.74, 6) is 2.91. The van der Waals surface area contributed by atoms with E-state index < -0.39 is 0 Å². The quantitative estimate of drug-likeness (QED) is 0.839. The van der Waals surface area contributed by atoms with E-state index in [0.717, 1.165) is 41.5 Å². The van der Waals surface area contributed by atoms with Crippen molar-refractivity contribution < 1.29 is 18.7 Å². The number of aromatic nitrogens is 1. The summed E-state index contributed by atoms with van der Waals surface area (Å²) in [4.78, 5) is 0. The zero-order chi connectivity index (χ0) is 16.9. The highest BCUT2D eigenvalue weighted by molar-refractivity contribution is 5.44. The fourth-order valence-corrected chi connectivity index (χ4v) is 3.13. The van der Waals surface area contributed by atoms with Gasteiger partial charge in [0.15, 0.2) is 0 Å². The van der Waals surface area contributed by atoms with Crippen LogP contribution in [-0.2, 0) is 17.7 Å². The summed E-state index contributed by atoms with van der Waals surface area (Å²) in [6.45, 7) is 4.00. The minimum atomic E-state index is 0.255. The van der Waals surface area contributed by atoms with Crippen LogP contribution < -0.4 is 14.8 Å². The standard InChI is InChI=1S/C18H24N2O4/c1-12-7-14(24-20-12)8-13-10-23-11-16(13)19-9-15-17(21-2)5-4-6-18(15)22-3/h4-7,13,16,19H,8-11H2,1-3H3/t13-,16-/m1/s1. The average molecular weight is 332 g/mol. The molecule has 0 radical (unpaired) electrons. The largest absolute Gasteiger partial charge is 0.496 e. The van der Waals surface area contributed by atoms with Crippen molar-refractivity contribution in [2.45, 2.75) is 25.9 Å². The van der Waals surface area contributed by atoms with Crippen LogP contribution in [0.5, 0.6) is 11.5 Å². The molecular formula is C18H24N2O4. The molecule has 0 bridgehead atoms. The Bertz CT molecular complexity index is 649. The molecule has 0 spiro atoms. The number of nitrogens with one attached hydrogen (secondary N) is 1. The van der Waals surface area contributed by atoms with Crippen molar-refractivity contribution in [3.8, 4) is 11.5 Å². The predicted octanol–water partition coefficient (Wildman–Crippen LogP) is 2.35. The van der Waals surface area contributed by atoms with Gasteiger partial charge in [-0.15, -0.1) is 0 Å². The summed E-state index contributed by atoms with van der Waals surface area (Å²) in [6.07, 6.45) is 0.821. The number of aryl methyl sites for hydroxylation is 1. The predicted molar refractivity (Wildman–Crippen MR) is 89.4 cm³/mol. The lowest BCUT2D eigenvalue weighted by Crippen LogP contribution is -2.36. The maximum atomic E-state index is 5.66. The molecule has 2 heterocycles. The molecule has 130 valence electrons. The van der Waals surface area contributed by atoms with Crippen LogP contribution in [0.4, 0.5) is 0 Å². The zero-order valence-corrected chi connectivity index (χ0v) is 14.4. The molecule has 0 unspecified atom stereocenters. The first-order chi connectivity index (χ1) is 11.7. The zero-order valence-electron chi connectivity index (χ0n) is 14.4. The molecule has 2 atom stereocenters. The van der Waals surface area contributed by atoms with E-state index in [2.05, 4.69) is 10.5 Å². The third-order valence-corrected chi connectivity index (χ3v) is 4.41. The maximum Gasteiger partial charge on any atom is 0.137 e. The minimum Gasteiger partial charge on any atom is -0.496 e. The summed E-state index contributed by atoms with van der Waals surface area (Å²) in [5.41, 5.74) is 1.93. The Morgan fingerprint density at radius 3 is 2.58 bits per heavy atom. The van der Waals surface area contributed by atoms with Crippen molar-refractivity contribution in [1.29, 1.82) is 0 Å². The van der Waals surface area contributed by atoms with Gasteiger partial charge in [0.05, 0.1) is 33.1 Å². The molecule has 1 aliphatic heterocycles. The SMILES string of the molecule is COc1cccc(OC)c1CN[C@@H]1COC[C@H]1Cc1cc(C)no1. The number of ether oxygens (including phenoxy) is 3. The Hall–Kier alpha value is -2.05. The normalized spacial score (nSPS) is 20.3. The monoisotopic (exact) mass is 332 g/mol. The van der Waals surface area contributed by atoms with E-state index in [1.165, 1.54) is 0 Å². The van der Waals surface area contributed by atoms with E-state index >= 15 is 0 Å². The van der Waals surface area contributed by atoms with Gasteiger partial charge in [0.2, 0.25) is 0 Å². The Kier molecular flexibility index (Phi) is 5.37. The molecule has 1 N–H and O–H groups in total. The van der Waals surface area contributed by atoms with Crippen molar-refractivity contribution in [1.82, 2.24) is 10.5 Å².